The van der Waals surface area contributed by atoms with Gasteiger partial charge in [-0.3, -0.25) is 4.79 Å². The largest absolute Gasteiger partial charge is 0.507 e. The number of aromatic nitrogens is 4. The summed E-state index contributed by atoms with van der Waals surface area (Å²) in [6.45, 7) is 4.64. The number of hydrogen-bond donors (Lipinski definition) is 2. The highest BCUT2D eigenvalue weighted by Crippen LogP contribution is 2.43. The molecule has 33 heavy (non-hydrogen) atoms. The molecule has 0 aliphatic carbocycles. The van der Waals surface area contributed by atoms with Crippen LogP contribution >= 0.6 is 0 Å². The van der Waals surface area contributed by atoms with E-state index < -0.39 is 0 Å². The van der Waals surface area contributed by atoms with Crippen molar-refractivity contribution in [2.24, 2.45) is 7.05 Å². The van der Waals surface area contributed by atoms with E-state index >= 15 is 0 Å². The maximum Gasteiger partial charge on any atom is 0.267 e. The van der Waals surface area contributed by atoms with Crippen LogP contribution in [0, 0.1) is 0 Å². The second-order valence-corrected chi connectivity index (χ2v) is 10.1. The lowest BCUT2D eigenvalue weighted by atomic mass is 9.84. The molecule has 3 atom stereocenters. The first-order chi connectivity index (χ1) is 15.6. The minimum atomic E-state index is -0.202. The van der Waals surface area contributed by atoms with E-state index in [1.807, 2.05) is 18.2 Å². The van der Waals surface area contributed by atoms with Gasteiger partial charge in [-0.15, -0.1) is 10.2 Å². The molecule has 2 N–H and O–H groups in total. The summed E-state index contributed by atoms with van der Waals surface area (Å²) in [4.78, 5) is 14.1. The summed E-state index contributed by atoms with van der Waals surface area (Å²) in [7, 11) is 3.69. The zero-order valence-corrected chi connectivity index (χ0v) is 19.5. The molecule has 5 rings (SSSR count). The van der Waals surface area contributed by atoms with Crippen LogP contribution in [0.3, 0.4) is 0 Å². The molecule has 0 radical (unpaired) electrons. The fraction of sp³-hybridized carbons (Fsp3) is 0.440. The zero-order chi connectivity index (χ0) is 23.4. The highest BCUT2D eigenvalue weighted by atomic mass is 16.3. The number of phenolic OH excluding ortho intramolecular Hbond substituents is 1. The van der Waals surface area contributed by atoms with Gasteiger partial charge in [0, 0.05) is 48.4 Å². The summed E-state index contributed by atoms with van der Waals surface area (Å²) in [6.07, 6.45) is 6.20. The van der Waals surface area contributed by atoms with Crippen molar-refractivity contribution in [1.82, 2.24) is 25.3 Å². The van der Waals surface area contributed by atoms with E-state index in [1.54, 1.807) is 25.4 Å². The second kappa shape index (κ2) is 7.66. The summed E-state index contributed by atoms with van der Waals surface area (Å²) in [6, 6.07) is 11.0. The van der Waals surface area contributed by atoms with Crippen LogP contribution in [0.1, 0.15) is 39.5 Å². The Hall–Kier alpha value is -3.26. The number of fused-ring (bicyclic) bond motifs is 2. The average Bonchev–Trinajstić information content (AvgIpc) is 3.01. The van der Waals surface area contributed by atoms with Gasteiger partial charge in [0.25, 0.3) is 5.56 Å². The SMILES string of the molecule is CN(c1ccc(-c2ccc(-c3cnn(C)c(=O)c3)cc2O)nn1)[C@H]1C[C@]2(C)CC[C@](C)(C1)N2. The number of aryl methyl sites for hydroxylation is 1. The molecule has 2 aliphatic heterocycles. The van der Waals surface area contributed by atoms with Crippen molar-refractivity contribution in [3.8, 4) is 28.1 Å². The minimum absolute atomic E-state index is 0.0827. The summed E-state index contributed by atoms with van der Waals surface area (Å²) in [5.41, 5.74) is 2.73. The third-order valence-corrected chi connectivity index (χ3v) is 7.34. The molecule has 172 valence electrons. The van der Waals surface area contributed by atoms with Gasteiger partial charge < -0.3 is 15.3 Å². The molecule has 2 aromatic heterocycles. The van der Waals surface area contributed by atoms with Gasteiger partial charge >= 0.3 is 0 Å². The van der Waals surface area contributed by atoms with E-state index in [0.717, 1.165) is 18.7 Å². The molecule has 0 spiro atoms. The van der Waals surface area contributed by atoms with E-state index in [9.17, 15) is 9.90 Å². The topological polar surface area (TPSA) is 96.2 Å². The zero-order valence-electron chi connectivity index (χ0n) is 19.5. The van der Waals surface area contributed by atoms with Gasteiger partial charge in [-0.2, -0.15) is 5.10 Å². The lowest BCUT2D eigenvalue weighted by Crippen LogP contribution is -2.58. The Balaban J connectivity index is 1.36. The molecule has 3 aromatic rings. The van der Waals surface area contributed by atoms with Crippen LogP contribution in [-0.4, -0.2) is 49.3 Å². The quantitative estimate of drug-likeness (QED) is 0.636. The van der Waals surface area contributed by atoms with Crippen LogP contribution < -0.4 is 15.8 Å². The van der Waals surface area contributed by atoms with Crippen LogP contribution in [0.25, 0.3) is 22.4 Å². The van der Waals surface area contributed by atoms with Crippen molar-refractivity contribution in [3.63, 3.8) is 0 Å². The predicted octanol–water partition coefficient (Wildman–Crippen LogP) is 3.11. The summed E-state index contributed by atoms with van der Waals surface area (Å²) in [5, 5.41) is 27.4. The van der Waals surface area contributed by atoms with Crippen LogP contribution in [0.2, 0.25) is 0 Å². The monoisotopic (exact) mass is 446 g/mol. The fourth-order valence-electron chi connectivity index (χ4n) is 5.50. The van der Waals surface area contributed by atoms with Crippen molar-refractivity contribution in [2.75, 3.05) is 11.9 Å². The molecule has 8 heteroatoms. The van der Waals surface area contributed by atoms with Gasteiger partial charge in [0.1, 0.15) is 5.75 Å². The number of phenols is 1. The van der Waals surface area contributed by atoms with E-state index in [4.69, 9.17) is 0 Å². The van der Waals surface area contributed by atoms with Crippen molar-refractivity contribution >= 4 is 5.82 Å². The Morgan fingerprint density at radius 3 is 2.39 bits per heavy atom. The van der Waals surface area contributed by atoms with Gasteiger partial charge in [-0.25, -0.2) is 4.68 Å². The van der Waals surface area contributed by atoms with Crippen LogP contribution in [0.4, 0.5) is 5.82 Å². The van der Waals surface area contributed by atoms with Crippen LogP contribution in [0.5, 0.6) is 5.75 Å². The summed E-state index contributed by atoms with van der Waals surface area (Å²) in [5.74, 6) is 0.916. The predicted molar refractivity (Wildman–Crippen MR) is 128 cm³/mol. The van der Waals surface area contributed by atoms with E-state index in [1.165, 1.54) is 23.6 Å². The molecule has 2 bridgehead atoms. The number of nitrogens with zero attached hydrogens (tertiary/aromatic N) is 5. The Morgan fingerprint density at radius 2 is 1.79 bits per heavy atom. The molecule has 8 nitrogen and oxygen atoms in total. The Labute approximate surface area is 193 Å². The molecule has 2 aliphatic rings. The molecule has 0 amide bonds. The Bertz CT molecular complexity index is 1240. The third-order valence-electron chi connectivity index (χ3n) is 7.34. The smallest absolute Gasteiger partial charge is 0.267 e. The van der Waals surface area contributed by atoms with Crippen molar-refractivity contribution < 1.29 is 5.11 Å². The molecule has 2 fully saturated rings. The van der Waals surface area contributed by atoms with E-state index in [0.29, 0.717) is 28.4 Å². The van der Waals surface area contributed by atoms with Crippen LogP contribution in [-0.2, 0) is 7.05 Å². The molecule has 0 unspecified atom stereocenters. The van der Waals surface area contributed by atoms with Crippen molar-refractivity contribution in [2.45, 2.75) is 56.7 Å². The molecule has 2 saturated heterocycles. The van der Waals surface area contributed by atoms with Gasteiger partial charge in [-0.05, 0) is 69.4 Å². The van der Waals surface area contributed by atoms with E-state index in [-0.39, 0.29) is 22.4 Å². The van der Waals surface area contributed by atoms with Gasteiger partial charge in [-0.1, -0.05) is 6.07 Å². The highest BCUT2D eigenvalue weighted by Gasteiger charge is 2.49. The molecule has 1 aromatic carbocycles. The van der Waals surface area contributed by atoms with Gasteiger partial charge in [0.05, 0.1) is 11.9 Å². The molecule has 4 heterocycles. The summed E-state index contributed by atoms with van der Waals surface area (Å²) < 4.78 is 1.27. The lowest BCUT2D eigenvalue weighted by Gasteiger charge is -2.45. The normalized spacial score (nSPS) is 26.4. The molecular formula is C25H30N6O2. The van der Waals surface area contributed by atoms with E-state index in [2.05, 4.69) is 46.4 Å². The molecule has 0 saturated carbocycles. The summed E-state index contributed by atoms with van der Waals surface area (Å²) >= 11 is 0. The third kappa shape index (κ3) is 3.99. The number of aromatic hydroxyl groups is 1. The molecular weight excluding hydrogens is 416 g/mol. The second-order valence-electron chi connectivity index (χ2n) is 10.1. The van der Waals surface area contributed by atoms with Crippen molar-refractivity contribution in [3.05, 3.63) is 52.9 Å². The number of piperidine rings is 1. The van der Waals surface area contributed by atoms with Gasteiger partial charge in [0.2, 0.25) is 0 Å². The maximum absolute atomic E-state index is 11.9. The Kier molecular flexibility index (Phi) is 5.01. The van der Waals surface area contributed by atoms with Gasteiger partial charge in [0.15, 0.2) is 5.82 Å². The first-order valence-corrected chi connectivity index (χ1v) is 11.4. The average molecular weight is 447 g/mol. The number of hydrogen-bond acceptors (Lipinski definition) is 7. The van der Waals surface area contributed by atoms with Crippen LogP contribution in [0.15, 0.2) is 47.4 Å². The first kappa shape index (κ1) is 21.6. The fourth-order valence-corrected chi connectivity index (χ4v) is 5.50. The van der Waals surface area contributed by atoms with Crippen molar-refractivity contribution in [1.29, 1.82) is 0 Å². The number of anilines is 1. The minimum Gasteiger partial charge on any atom is -0.507 e. The first-order valence-electron chi connectivity index (χ1n) is 11.4. The standard InChI is InChI=1S/C25H30N6O2/c1-24-9-10-25(2,29-24)14-18(13-24)30(3)22-8-7-20(27-28-22)19-6-5-16(11-21(19)32)17-12-23(33)31(4)26-15-17/h5-8,11-12,15,18,29,32H,9-10,13-14H2,1-4H3/t18-,24-,25+. The maximum atomic E-state index is 11.9. The Morgan fingerprint density at radius 1 is 1.06 bits per heavy atom. The number of nitrogens with one attached hydrogen (secondary N) is 1. The number of rotatable bonds is 4. The number of benzene rings is 1. The lowest BCUT2D eigenvalue weighted by molar-refractivity contribution is 0.207. The highest BCUT2D eigenvalue weighted by molar-refractivity contribution is 5.74.